The first-order valence-corrected chi connectivity index (χ1v) is 7.52. The fourth-order valence-electron chi connectivity index (χ4n) is 1.94. The highest BCUT2D eigenvalue weighted by atomic mass is 32.1. The molecule has 2 heterocycles. The van der Waals surface area contributed by atoms with Crippen molar-refractivity contribution in [1.29, 1.82) is 0 Å². The first kappa shape index (κ1) is 14.2. The first-order chi connectivity index (χ1) is 9.34. The van der Waals surface area contributed by atoms with Crippen LogP contribution >= 0.6 is 11.3 Å². The molecule has 1 aliphatic rings. The Labute approximate surface area is 118 Å². The van der Waals surface area contributed by atoms with Gasteiger partial charge in [0.1, 0.15) is 0 Å². The van der Waals surface area contributed by atoms with E-state index >= 15 is 0 Å². The molecule has 0 unspecified atom stereocenters. The number of carbonyl (C=O) groups excluding carboxylic acids is 1. The van der Waals surface area contributed by atoms with E-state index < -0.39 is 0 Å². The number of hydrogen-bond acceptors (Lipinski definition) is 4. The molecule has 0 bridgehead atoms. The molecule has 1 saturated heterocycles. The van der Waals surface area contributed by atoms with Crippen LogP contribution in [0, 0.1) is 0 Å². The maximum Gasteiger partial charge on any atom is 0.244 e. The van der Waals surface area contributed by atoms with Gasteiger partial charge in [0.25, 0.3) is 0 Å². The minimum absolute atomic E-state index is 0.0182. The number of thiophene rings is 1. The fraction of sp³-hybridized carbons (Fsp3) is 0.500. The predicted molar refractivity (Wildman–Crippen MR) is 78.2 cm³/mol. The van der Waals surface area contributed by atoms with Crippen molar-refractivity contribution in [2.75, 3.05) is 39.4 Å². The minimum atomic E-state index is -0.0182. The second kappa shape index (κ2) is 8.09. The van der Waals surface area contributed by atoms with Gasteiger partial charge in [0.2, 0.25) is 5.91 Å². The molecule has 4 nitrogen and oxygen atoms in total. The number of morpholine rings is 1. The number of hydrogen-bond donors (Lipinski definition) is 1. The Kier molecular flexibility index (Phi) is 6.07. The number of nitrogens with zero attached hydrogens (tertiary/aromatic N) is 1. The van der Waals surface area contributed by atoms with Gasteiger partial charge >= 0.3 is 0 Å². The number of rotatable bonds is 6. The summed E-state index contributed by atoms with van der Waals surface area (Å²) in [6, 6.07) is 3.97. The molecule has 5 heteroatoms. The van der Waals surface area contributed by atoms with Gasteiger partial charge in [-0.15, -0.1) is 11.3 Å². The Bertz CT molecular complexity index is 398. The summed E-state index contributed by atoms with van der Waals surface area (Å²) in [4.78, 5) is 15.0. The summed E-state index contributed by atoms with van der Waals surface area (Å²) in [5, 5.41) is 4.91. The third kappa shape index (κ3) is 5.55. The maximum absolute atomic E-state index is 11.6. The van der Waals surface area contributed by atoms with Gasteiger partial charge in [0.05, 0.1) is 13.2 Å². The predicted octanol–water partition coefficient (Wildman–Crippen LogP) is 1.60. The lowest BCUT2D eigenvalue weighted by molar-refractivity contribution is -0.116. The van der Waals surface area contributed by atoms with E-state index in [0.717, 1.165) is 50.7 Å². The fourth-order valence-corrected chi connectivity index (χ4v) is 2.56. The third-order valence-corrected chi connectivity index (χ3v) is 3.83. The van der Waals surface area contributed by atoms with Gasteiger partial charge in [0, 0.05) is 30.6 Å². The molecule has 0 aromatic carbocycles. The summed E-state index contributed by atoms with van der Waals surface area (Å²) < 4.78 is 5.29. The quantitative estimate of drug-likeness (QED) is 0.636. The van der Waals surface area contributed by atoms with Gasteiger partial charge in [-0.05, 0) is 30.5 Å². The average molecular weight is 280 g/mol. The van der Waals surface area contributed by atoms with Crippen LogP contribution in [0.5, 0.6) is 0 Å². The zero-order valence-corrected chi connectivity index (χ0v) is 11.8. The molecule has 1 aromatic rings. The van der Waals surface area contributed by atoms with Crippen LogP contribution in [-0.2, 0) is 9.53 Å². The summed E-state index contributed by atoms with van der Waals surface area (Å²) in [6.45, 7) is 5.42. The molecule has 0 atom stereocenters. The van der Waals surface area contributed by atoms with Crippen molar-refractivity contribution in [3.05, 3.63) is 28.5 Å². The zero-order valence-electron chi connectivity index (χ0n) is 11.0. The second-order valence-corrected chi connectivity index (χ2v) is 5.43. The number of nitrogens with one attached hydrogen (secondary N) is 1. The van der Waals surface area contributed by atoms with E-state index in [0.29, 0.717) is 0 Å². The lowest BCUT2D eigenvalue weighted by atomic mass is 10.3. The van der Waals surface area contributed by atoms with Crippen LogP contribution in [0.1, 0.15) is 11.3 Å². The van der Waals surface area contributed by atoms with Crippen LogP contribution in [0.4, 0.5) is 0 Å². The van der Waals surface area contributed by atoms with Crippen LogP contribution in [0.15, 0.2) is 23.6 Å². The van der Waals surface area contributed by atoms with E-state index in [1.807, 2.05) is 23.6 Å². The Morgan fingerprint density at radius 3 is 3.05 bits per heavy atom. The molecule has 0 aliphatic carbocycles. The monoisotopic (exact) mass is 280 g/mol. The normalized spacial score (nSPS) is 16.8. The van der Waals surface area contributed by atoms with Crippen molar-refractivity contribution in [2.24, 2.45) is 0 Å². The van der Waals surface area contributed by atoms with Crippen LogP contribution in [0.25, 0.3) is 6.08 Å². The van der Waals surface area contributed by atoms with E-state index in [2.05, 4.69) is 10.2 Å². The first-order valence-electron chi connectivity index (χ1n) is 6.64. The Hall–Kier alpha value is -1.17. The Balaban J connectivity index is 1.56. The third-order valence-electron chi connectivity index (χ3n) is 3.00. The van der Waals surface area contributed by atoms with Crippen molar-refractivity contribution in [1.82, 2.24) is 10.2 Å². The van der Waals surface area contributed by atoms with Gasteiger partial charge in [-0.2, -0.15) is 0 Å². The largest absolute Gasteiger partial charge is 0.379 e. The zero-order chi connectivity index (χ0) is 13.3. The van der Waals surface area contributed by atoms with Crippen LogP contribution < -0.4 is 5.32 Å². The lowest BCUT2D eigenvalue weighted by Crippen LogP contribution is -2.38. The molecule has 0 spiro atoms. The Morgan fingerprint density at radius 2 is 2.32 bits per heavy atom. The molecule has 1 N–H and O–H groups in total. The van der Waals surface area contributed by atoms with Gasteiger partial charge < -0.3 is 10.1 Å². The molecule has 1 amide bonds. The van der Waals surface area contributed by atoms with Gasteiger partial charge in [-0.1, -0.05) is 6.07 Å². The van der Waals surface area contributed by atoms with Gasteiger partial charge in [0.15, 0.2) is 0 Å². The minimum Gasteiger partial charge on any atom is -0.379 e. The van der Waals surface area contributed by atoms with E-state index in [9.17, 15) is 4.79 Å². The highest BCUT2D eigenvalue weighted by Gasteiger charge is 2.09. The SMILES string of the molecule is O=C(/C=C\c1cccs1)NCCCN1CCOCC1. The molecule has 104 valence electrons. The maximum atomic E-state index is 11.6. The molecular weight excluding hydrogens is 260 g/mol. The van der Waals surface area contributed by atoms with Crippen LogP contribution in [-0.4, -0.2) is 50.2 Å². The van der Waals surface area contributed by atoms with Crippen LogP contribution in [0.3, 0.4) is 0 Å². The van der Waals surface area contributed by atoms with Gasteiger partial charge in [-0.3, -0.25) is 9.69 Å². The Morgan fingerprint density at radius 1 is 1.47 bits per heavy atom. The van der Waals surface area contributed by atoms with Gasteiger partial charge in [-0.25, -0.2) is 0 Å². The van der Waals surface area contributed by atoms with Crippen molar-refractivity contribution < 1.29 is 9.53 Å². The summed E-state index contributed by atoms with van der Waals surface area (Å²) in [7, 11) is 0. The smallest absolute Gasteiger partial charge is 0.244 e. The van der Waals surface area contributed by atoms with E-state index in [1.165, 1.54) is 0 Å². The van der Waals surface area contributed by atoms with E-state index in [4.69, 9.17) is 4.74 Å². The molecule has 0 radical (unpaired) electrons. The topological polar surface area (TPSA) is 41.6 Å². The number of amides is 1. The van der Waals surface area contributed by atoms with Crippen molar-refractivity contribution in [2.45, 2.75) is 6.42 Å². The molecule has 1 aromatic heterocycles. The summed E-state index contributed by atoms with van der Waals surface area (Å²) in [5.41, 5.74) is 0. The highest BCUT2D eigenvalue weighted by Crippen LogP contribution is 2.09. The second-order valence-electron chi connectivity index (χ2n) is 4.45. The standard InChI is InChI=1S/C14H20N2O2S/c17-14(5-4-13-3-1-12-19-13)15-6-2-7-16-8-10-18-11-9-16/h1,3-5,12H,2,6-11H2,(H,15,17)/b5-4-. The molecule has 1 aliphatic heterocycles. The number of carbonyl (C=O) groups is 1. The molecule has 2 rings (SSSR count). The van der Waals surface area contributed by atoms with E-state index in [1.54, 1.807) is 17.4 Å². The molecular formula is C14H20N2O2S. The average Bonchev–Trinajstić information content (AvgIpc) is 2.96. The summed E-state index contributed by atoms with van der Waals surface area (Å²) >= 11 is 1.63. The summed E-state index contributed by atoms with van der Waals surface area (Å²) in [6.07, 6.45) is 4.43. The summed E-state index contributed by atoms with van der Waals surface area (Å²) in [5.74, 6) is -0.0182. The van der Waals surface area contributed by atoms with Crippen molar-refractivity contribution in [3.8, 4) is 0 Å². The molecule has 0 saturated carbocycles. The molecule has 19 heavy (non-hydrogen) atoms. The highest BCUT2D eigenvalue weighted by molar-refractivity contribution is 7.10. The van der Waals surface area contributed by atoms with Crippen LogP contribution in [0.2, 0.25) is 0 Å². The van der Waals surface area contributed by atoms with Crippen molar-refractivity contribution >= 4 is 23.3 Å². The number of ether oxygens (including phenoxy) is 1. The van der Waals surface area contributed by atoms with Crippen molar-refractivity contribution in [3.63, 3.8) is 0 Å². The molecule has 1 fully saturated rings. The lowest BCUT2D eigenvalue weighted by Gasteiger charge is -2.26. The van der Waals surface area contributed by atoms with E-state index in [-0.39, 0.29) is 5.91 Å².